The average molecular weight is 331 g/mol. The van der Waals surface area contributed by atoms with Gasteiger partial charge in [-0.25, -0.2) is 4.98 Å². The summed E-state index contributed by atoms with van der Waals surface area (Å²) in [6.45, 7) is 6.32. The zero-order valence-electron chi connectivity index (χ0n) is 13.7. The molecule has 1 aromatic heterocycles. The zero-order chi connectivity index (χ0) is 17.0. The van der Waals surface area contributed by atoms with Gasteiger partial charge in [-0.1, -0.05) is 29.7 Å². The van der Waals surface area contributed by atoms with E-state index in [9.17, 15) is 4.79 Å². The Kier molecular flexibility index (Phi) is 5.12. The summed E-state index contributed by atoms with van der Waals surface area (Å²) in [7, 11) is 1.61. The molecule has 0 aliphatic rings. The molecular formula is C18H19ClN2O2. The fraction of sp³-hybridized carbons (Fsp3) is 0.333. The van der Waals surface area contributed by atoms with Crippen LogP contribution in [-0.4, -0.2) is 16.7 Å². The fourth-order valence-electron chi connectivity index (χ4n) is 1.88. The maximum atomic E-state index is 12.5. The molecule has 5 heteroatoms. The second kappa shape index (κ2) is 6.89. The quantitative estimate of drug-likeness (QED) is 0.811. The van der Waals surface area contributed by atoms with Crippen molar-refractivity contribution in [1.82, 2.24) is 9.55 Å². The van der Waals surface area contributed by atoms with Gasteiger partial charge in [0.15, 0.2) is 5.69 Å². The Morgan fingerprint density at radius 2 is 1.91 bits per heavy atom. The third-order valence-electron chi connectivity index (χ3n) is 3.01. The van der Waals surface area contributed by atoms with Crippen LogP contribution >= 0.6 is 11.6 Å². The Morgan fingerprint density at radius 3 is 2.48 bits per heavy atom. The first-order chi connectivity index (χ1) is 10.8. The maximum Gasteiger partial charge on any atom is 0.285 e. The molecule has 0 unspecified atom stereocenters. The fourth-order valence-corrected chi connectivity index (χ4v) is 2.08. The highest BCUT2D eigenvalue weighted by molar-refractivity contribution is 6.29. The van der Waals surface area contributed by atoms with Gasteiger partial charge in [-0.3, -0.25) is 4.79 Å². The van der Waals surface area contributed by atoms with Crippen LogP contribution in [0.5, 0.6) is 5.75 Å². The molecule has 0 saturated carbocycles. The van der Waals surface area contributed by atoms with Crippen LogP contribution in [0.15, 0.2) is 35.3 Å². The number of hydrogen-bond donors (Lipinski definition) is 0. The van der Waals surface area contributed by atoms with Crippen molar-refractivity contribution in [2.45, 2.75) is 27.3 Å². The van der Waals surface area contributed by atoms with E-state index in [2.05, 4.69) is 16.8 Å². The minimum absolute atomic E-state index is 0.168. The molecule has 1 aromatic carbocycles. The highest BCUT2D eigenvalue weighted by Crippen LogP contribution is 2.13. The lowest BCUT2D eigenvalue weighted by Crippen LogP contribution is -2.24. The molecule has 0 bridgehead atoms. The van der Waals surface area contributed by atoms with Crippen LogP contribution in [0.25, 0.3) is 0 Å². The Labute approximate surface area is 141 Å². The van der Waals surface area contributed by atoms with Crippen LogP contribution in [0, 0.1) is 17.3 Å². The molecule has 0 saturated heterocycles. The summed E-state index contributed by atoms with van der Waals surface area (Å²) < 4.78 is 6.64. The van der Waals surface area contributed by atoms with Gasteiger partial charge < -0.3 is 9.30 Å². The number of ether oxygens (including phenoxy) is 1. The molecule has 2 rings (SSSR count). The third kappa shape index (κ3) is 4.87. The van der Waals surface area contributed by atoms with E-state index in [1.807, 2.05) is 45.0 Å². The van der Waals surface area contributed by atoms with E-state index >= 15 is 0 Å². The lowest BCUT2D eigenvalue weighted by Gasteiger charge is -2.09. The summed E-state index contributed by atoms with van der Waals surface area (Å²) in [6, 6.07) is 7.51. The van der Waals surface area contributed by atoms with Crippen LogP contribution in [0.2, 0.25) is 5.15 Å². The predicted molar refractivity (Wildman–Crippen MR) is 91.9 cm³/mol. The van der Waals surface area contributed by atoms with Gasteiger partial charge in [0.05, 0.1) is 13.7 Å². The Bertz CT molecular complexity index is 806. The summed E-state index contributed by atoms with van der Waals surface area (Å²) in [5.74, 6) is 6.62. The Balaban J connectivity index is 2.36. The van der Waals surface area contributed by atoms with Crippen molar-refractivity contribution in [2.24, 2.45) is 5.41 Å². The van der Waals surface area contributed by atoms with E-state index in [0.29, 0.717) is 6.54 Å². The molecule has 120 valence electrons. The highest BCUT2D eigenvalue weighted by atomic mass is 35.5. The smallest absolute Gasteiger partial charge is 0.285 e. The first-order valence-electron chi connectivity index (χ1n) is 7.21. The predicted octanol–water partition coefficient (Wildman–Crippen LogP) is 3.35. The molecule has 0 N–H and O–H groups in total. The lowest BCUT2D eigenvalue weighted by atomic mass is 9.98. The van der Waals surface area contributed by atoms with Crippen LogP contribution in [0.3, 0.4) is 0 Å². The van der Waals surface area contributed by atoms with Crippen molar-refractivity contribution in [3.05, 3.63) is 57.2 Å². The van der Waals surface area contributed by atoms with Gasteiger partial charge in [-0.2, -0.15) is 0 Å². The van der Waals surface area contributed by atoms with Gasteiger partial charge in [0.1, 0.15) is 10.9 Å². The van der Waals surface area contributed by atoms with E-state index < -0.39 is 0 Å². The van der Waals surface area contributed by atoms with E-state index in [1.54, 1.807) is 7.11 Å². The first-order valence-corrected chi connectivity index (χ1v) is 7.59. The second-order valence-electron chi connectivity index (χ2n) is 6.19. The van der Waals surface area contributed by atoms with E-state index in [0.717, 1.165) is 11.3 Å². The second-order valence-corrected chi connectivity index (χ2v) is 6.58. The molecular weight excluding hydrogens is 312 g/mol. The lowest BCUT2D eigenvalue weighted by molar-refractivity contribution is 0.414. The van der Waals surface area contributed by atoms with Crippen LogP contribution in [-0.2, 0) is 6.54 Å². The molecule has 23 heavy (non-hydrogen) atoms. The Morgan fingerprint density at radius 1 is 1.26 bits per heavy atom. The number of benzene rings is 1. The standard InChI is InChI=1S/C18H19ClN2O2/c1-18(2,3)10-9-15-17(22)21(12-16(19)20-15)11-13-5-7-14(23-4)8-6-13/h5-8,12H,11H2,1-4H3. The molecule has 0 aliphatic carbocycles. The van der Waals surface area contributed by atoms with E-state index in [-0.39, 0.29) is 21.8 Å². The van der Waals surface area contributed by atoms with Crippen molar-refractivity contribution in [2.75, 3.05) is 7.11 Å². The van der Waals surface area contributed by atoms with Crippen molar-refractivity contribution in [1.29, 1.82) is 0 Å². The van der Waals surface area contributed by atoms with Crippen LogP contribution in [0.1, 0.15) is 32.0 Å². The molecule has 0 fully saturated rings. The van der Waals surface area contributed by atoms with Crippen LogP contribution in [0.4, 0.5) is 0 Å². The average Bonchev–Trinajstić information content (AvgIpc) is 2.49. The number of methoxy groups -OCH3 is 1. The van der Waals surface area contributed by atoms with Gasteiger partial charge in [0.2, 0.25) is 0 Å². The third-order valence-corrected chi connectivity index (χ3v) is 3.19. The number of aromatic nitrogens is 2. The van der Waals surface area contributed by atoms with Crippen molar-refractivity contribution < 1.29 is 4.74 Å². The summed E-state index contributed by atoms with van der Waals surface area (Å²) in [4.78, 5) is 16.5. The molecule has 1 heterocycles. The molecule has 0 aliphatic heterocycles. The summed E-state index contributed by atoms with van der Waals surface area (Å²) in [6.07, 6.45) is 1.52. The van der Waals surface area contributed by atoms with Gasteiger partial charge >= 0.3 is 0 Å². The molecule has 4 nitrogen and oxygen atoms in total. The number of halogens is 1. The molecule has 0 amide bonds. The molecule has 0 atom stereocenters. The SMILES string of the molecule is COc1ccc(Cn2cc(Cl)nc(C#CC(C)(C)C)c2=O)cc1. The zero-order valence-corrected chi connectivity index (χ0v) is 14.4. The number of nitrogens with zero attached hydrogens (tertiary/aromatic N) is 2. The van der Waals surface area contributed by atoms with Crippen molar-refractivity contribution in [3.8, 4) is 17.6 Å². The van der Waals surface area contributed by atoms with Crippen molar-refractivity contribution >= 4 is 11.6 Å². The van der Waals surface area contributed by atoms with Crippen molar-refractivity contribution in [3.63, 3.8) is 0 Å². The normalized spacial score (nSPS) is 10.8. The maximum absolute atomic E-state index is 12.5. The van der Waals surface area contributed by atoms with Crippen LogP contribution < -0.4 is 10.3 Å². The summed E-state index contributed by atoms with van der Waals surface area (Å²) in [5, 5.41) is 0.247. The van der Waals surface area contributed by atoms with Gasteiger partial charge in [-0.05, 0) is 44.4 Å². The minimum atomic E-state index is -0.248. The van der Waals surface area contributed by atoms with Gasteiger partial charge in [0.25, 0.3) is 5.56 Å². The molecule has 2 aromatic rings. The molecule has 0 radical (unpaired) electrons. The summed E-state index contributed by atoms with van der Waals surface area (Å²) >= 11 is 6.03. The summed E-state index contributed by atoms with van der Waals surface area (Å²) in [5.41, 5.74) is 0.671. The number of rotatable bonds is 3. The monoisotopic (exact) mass is 330 g/mol. The highest BCUT2D eigenvalue weighted by Gasteiger charge is 2.09. The van der Waals surface area contributed by atoms with E-state index in [4.69, 9.17) is 16.3 Å². The molecule has 0 spiro atoms. The Hall–Kier alpha value is -2.25. The largest absolute Gasteiger partial charge is 0.497 e. The topological polar surface area (TPSA) is 44.1 Å². The van der Waals surface area contributed by atoms with Gasteiger partial charge in [-0.15, -0.1) is 0 Å². The minimum Gasteiger partial charge on any atom is -0.497 e. The first kappa shape index (κ1) is 17.1. The van der Waals surface area contributed by atoms with E-state index in [1.165, 1.54) is 10.8 Å². The number of hydrogen-bond acceptors (Lipinski definition) is 3. The van der Waals surface area contributed by atoms with Gasteiger partial charge in [0, 0.05) is 11.6 Å².